The van der Waals surface area contributed by atoms with Crippen molar-refractivity contribution in [2.24, 2.45) is 11.7 Å². The summed E-state index contributed by atoms with van der Waals surface area (Å²) in [5.41, 5.74) is 8.74. The number of para-hydroxylation sites is 1. The first-order valence-electron chi connectivity index (χ1n) is 10.0. The summed E-state index contributed by atoms with van der Waals surface area (Å²) in [4.78, 5) is 27.0. The van der Waals surface area contributed by atoms with Gasteiger partial charge in [-0.05, 0) is 31.0 Å². The van der Waals surface area contributed by atoms with E-state index in [1.165, 1.54) is 0 Å². The zero-order valence-corrected chi connectivity index (χ0v) is 16.4. The Labute approximate surface area is 173 Å². The lowest BCUT2D eigenvalue weighted by molar-refractivity contribution is -0.122. The summed E-state index contributed by atoms with van der Waals surface area (Å²) in [7, 11) is 0. The molecule has 1 amide bonds. The van der Waals surface area contributed by atoms with Crippen LogP contribution in [-0.2, 0) is 11.3 Å². The smallest absolute Gasteiger partial charge is 0.220 e. The number of hydrogen-bond donors (Lipinski definition) is 2. The molecule has 3 N–H and O–H groups in total. The summed E-state index contributed by atoms with van der Waals surface area (Å²) in [6.45, 7) is 2.07. The normalized spacial score (nSPS) is 15.0. The number of aromatic nitrogens is 3. The maximum absolute atomic E-state index is 11.5. The minimum absolute atomic E-state index is 0.0473. The fraction of sp³-hybridized carbons (Fsp3) is 0.273. The number of nitrogens with one attached hydrogen (secondary N) is 1. The summed E-state index contributed by atoms with van der Waals surface area (Å²) in [5.74, 6) is 1.31. The molecule has 30 heavy (non-hydrogen) atoms. The minimum atomic E-state index is -0.212. The molecule has 1 aliphatic rings. The Morgan fingerprint density at radius 2 is 1.97 bits per heavy atom. The lowest BCUT2D eigenvalue weighted by atomic mass is 9.96. The third-order valence-electron chi connectivity index (χ3n) is 5.67. The Balaban J connectivity index is 1.38. The van der Waals surface area contributed by atoms with Crippen LogP contribution in [0.2, 0.25) is 0 Å². The van der Waals surface area contributed by atoms with Crippen LogP contribution in [0.1, 0.15) is 18.4 Å². The quantitative estimate of drug-likeness (QED) is 0.528. The van der Waals surface area contributed by atoms with Gasteiger partial charge in [0.25, 0.3) is 0 Å². The summed E-state index contributed by atoms with van der Waals surface area (Å²) < 4.78 is 6.00. The van der Waals surface area contributed by atoms with Crippen molar-refractivity contribution in [1.82, 2.24) is 15.0 Å². The van der Waals surface area contributed by atoms with E-state index in [0.29, 0.717) is 17.9 Å². The van der Waals surface area contributed by atoms with E-state index >= 15 is 0 Å². The highest BCUT2D eigenvalue weighted by atomic mass is 16.3. The van der Waals surface area contributed by atoms with Crippen LogP contribution in [-0.4, -0.2) is 33.9 Å². The van der Waals surface area contributed by atoms with Gasteiger partial charge in [-0.2, -0.15) is 0 Å². The lowest BCUT2D eigenvalue weighted by Crippen LogP contribution is -2.39. The first-order valence-corrected chi connectivity index (χ1v) is 10.0. The van der Waals surface area contributed by atoms with Crippen LogP contribution in [0.15, 0.2) is 53.3 Å². The zero-order valence-electron chi connectivity index (χ0n) is 16.4. The first-order chi connectivity index (χ1) is 14.7. The van der Waals surface area contributed by atoms with Gasteiger partial charge in [0.2, 0.25) is 5.91 Å². The molecule has 5 rings (SSSR count). The number of nitrogens with zero attached hydrogens (tertiary/aromatic N) is 4. The molecule has 4 heterocycles. The van der Waals surface area contributed by atoms with Crippen LogP contribution in [0.5, 0.6) is 0 Å². The standard InChI is InChI=1S/C22H22N6O2/c23-20(29)14-7-10-28(11-8-14)22-15(4-3-9-24-22)12-25-21-19-18(26-13-27-21)16-5-1-2-6-17(16)30-19/h1-6,9,13-14H,7-8,10-12H2,(H2,23,29)(H,25,26,27). The molecule has 3 aromatic heterocycles. The van der Waals surface area contributed by atoms with Crippen LogP contribution >= 0.6 is 0 Å². The van der Waals surface area contributed by atoms with Crippen molar-refractivity contribution >= 4 is 39.6 Å². The van der Waals surface area contributed by atoms with E-state index in [-0.39, 0.29) is 11.8 Å². The number of benzene rings is 1. The number of carbonyl (C=O) groups excluding carboxylic acids is 1. The molecule has 1 fully saturated rings. The molecule has 8 nitrogen and oxygen atoms in total. The molecule has 1 aliphatic heterocycles. The topological polar surface area (TPSA) is 110 Å². The second-order valence-electron chi connectivity index (χ2n) is 7.50. The predicted octanol–water partition coefficient (Wildman–Crippen LogP) is 3.08. The minimum Gasteiger partial charge on any atom is -0.450 e. The number of amides is 1. The number of piperidine rings is 1. The number of anilines is 2. The fourth-order valence-electron chi connectivity index (χ4n) is 4.06. The Morgan fingerprint density at radius 1 is 1.13 bits per heavy atom. The number of nitrogens with two attached hydrogens (primary N) is 1. The van der Waals surface area contributed by atoms with Gasteiger partial charge in [-0.3, -0.25) is 4.79 Å². The van der Waals surface area contributed by atoms with Crippen molar-refractivity contribution in [3.8, 4) is 0 Å². The van der Waals surface area contributed by atoms with Crippen LogP contribution < -0.4 is 16.0 Å². The second kappa shape index (κ2) is 7.62. The molecule has 0 spiro atoms. The average Bonchev–Trinajstić information content (AvgIpc) is 3.17. The number of furan rings is 1. The van der Waals surface area contributed by atoms with E-state index < -0.39 is 0 Å². The molecule has 1 saturated heterocycles. The average molecular weight is 402 g/mol. The Kier molecular flexibility index (Phi) is 4.66. The van der Waals surface area contributed by atoms with E-state index in [1.807, 2.05) is 36.4 Å². The molecule has 152 valence electrons. The highest BCUT2D eigenvalue weighted by Gasteiger charge is 2.25. The third kappa shape index (κ3) is 3.30. The summed E-state index contributed by atoms with van der Waals surface area (Å²) >= 11 is 0. The van der Waals surface area contributed by atoms with E-state index in [9.17, 15) is 4.79 Å². The Hall–Kier alpha value is -3.68. The van der Waals surface area contributed by atoms with Crippen LogP contribution in [0, 0.1) is 5.92 Å². The van der Waals surface area contributed by atoms with Gasteiger partial charge >= 0.3 is 0 Å². The molecule has 1 aromatic carbocycles. The monoisotopic (exact) mass is 402 g/mol. The van der Waals surface area contributed by atoms with Crippen molar-refractivity contribution in [3.05, 3.63) is 54.5 Å². The summed E-state index contributed by atoms with van der Waals surface area (Å²) in [6, 6.07) is 11.8. The predicted molar refractivity (Wildman–Crippen MR) is 115 cm³/mol. The van der Waals surface area contributed by atoms with Gasteiger partial charge < -0.3 is 20.4 Å². The Bertz CT molecular complexity index is 1210. The fourth-order valence-corrected chi connectivity index (χ4v) is 4.06. The van der Waals surface area contributed by atoms with Gasteiger partial charge in [-0.15, -0.1) is 0 Å². The van der Waals surface area contributed by atoms with Gasteiger partial charge in [0.15, 0.2) is 11.4 Å². The number of hydrogen-bond acceptors (Lipinski definition) is 7. The van der Waals surface area contributed by atoms with Gasteiger partial charge in [-0.1, -0.05) is 18.2 Å². The molecule has 4 aromatic rings. The van der Waals surface area contributed by atoms with Crippen LogP contribution in [0.25, 0.3) is 22.1 Å². The summed E-state index contributed by atoms with van der Waals surface area (Å²) in [5, 5.41) is 4.36. The molecule has 0 atom stereocenters. The maximum Gasteiger partial charge on any atom is 0.220 e. The van der Waals surface area contributed by atoms with Gasteiger partial charge in [-0.25, -0.2) is 15.0 Å². The number of pyridine rings is 1. The van der Waals surface area contributed by atoms with Gasteiger partial charge in [0, 0.05) is 42.7 Å². The van der Waals surface area contributed by atoms with Gasteiger partial charge in [0.1, 0.15) is 23.2 Å². The number of rotatable bonds is 5. The van der Waals surface area contributed by atoms with Crippen molar-refractivity contribution in [2.75, 3.05) is 23.3 Å². The van der Waals surface area contributed by atoms with Crippen molar-refractivity contribution in [3.63, 3.8) is 0 Å². The number of fused-ring (bicyclic) bond motifs is 3. The van der Waals surface area contributed by atoms with Crippen molar-refractivity contribution in [2.45, 2.75) is 19.4 Å². The maximum atomic E-state index is 11.5. The molecule has 0 radical (unpaired) electrons. The second-order valence-corrected chi connectivity index (χ2v) is 7.50. The third-order valence-corrected chi connectivity index (χ3v) is 5.67. The molecule has 0 bridgehead atoms. The molecule has 8 heteroatoms. The molecule has 0 aliphatic carbocycles. The van der Waals surface area contributed by atoms with E-state index in [2.05, 4.69) is 25.2 Å². The lowest BCUT2D eigenvalue weighted by Gasteiger charge is -2.32. The van der Waals surface area contributed by atoms with Crippen molar-refractivity contribution in [1.29, 1.82) is 0 Å². The van der Waals surface area contributed by atoms with E-state index in [1.54, 1.807) is 12.5 Å². The zero-order chi connectivity index (χ0) is 20.5. The molecular formula is C22H22N6O2. The molecule has 0 saturated carbocycles. The summed E-state index contributed by atoms with van der Waals surface area (Å²) in [6.07, 6.45) is 4.85. The molecular weight excluding hydrogens is 380 g/mol. The van der Waals surface area contributed by atoms with Crippen molar-refractivity contribution < 1.29 is 9.21 Å². The SMILES string of the molecule is NC(=O)C1CCN(c2ncccc2CNc2ncnc3c2oc2ccccc23)CC1. The van der Waals surface area contributed by atoms with Crippen LogP contribution in [0.3, 0.4) is 0 Å². The number of carbonyl (C=O) groups is 1. The highest BCUT2D eigenvalue weighted by Crippen LogP contribution is 2.31. The highest BCUT2D eigenvalue weighted by molar-refractivity contribution is 6.05. The molecule has 0 unspecified atom stereocenters. The Morgan fingerprint density at radius 3 is 2.80 bits per heavy atom. The largest absolute Gasteiger partial charge is 0.450 e. The van der Waals surface area contributed by atoms with E-state index in [4.69, 9.17) is 10.2 Å². The van der Waals surface area contributed by atoms with Gasteiger partial charge in [0.05, 0.1) is 0 Å². The van der Waals surface area contributed by atoms with Crippen LogP contribution in [0.4, 0.5) is 11.6 Å². The van der Waals surface area contributed by atoms with E-state index in [0.717, 1.165) is 53.8 Å². The number of primary amides is 1. The first kappa shape index (κ1) is 18.4.